The van der Waals surface area contributed by atoms with Gasteiger partial charge in [-0.3, -0.25) is 4.79 Å². The number of carbonyl (C=O) groups is 1. The predicted octanol–water partition coefficient (Wildman–Crippen LogP) is -0.256. The summed E-state index contributed by atoms with van der Waals surface area (Å²) in [6, 6.07) is -0.354. The van der Waals surface area contributed by atoms with Crippen LogP contribution in [-0.2, 0) is 4.79 Å². The second-order valence-electron chi connectivity index (χ2n) is 4.49. The minimum absolute atomic E-state index is 0.0891. The van der Waals surface area contributed by atoms with Gasteiger partial charge in [0.05, 0.1) is 6.04 Å². The van der Waals surface area contributed by atoms with Gasteiger partial charge < -0.3 is 15.5 Å². The molecule has 0 aromatic rings. The fraction of sp³-hybridized carbons (Fsp3) is 0.900. The van der Waals surface area contributed by atoms with Crippen molar-refractivity contribution < 1.29 is 4.79 Å². The molecule has 2 N–H and O–H groups in total. The van der Waals surface area contributed by atoms with Crippen LogP contribution in [-0.4, -0.2) is 55.5 Å². The lowest BCUT2D eigenvalue weighted by Crippen LogP contribution is -2.41. The molecule has 14 heavy (non-hydrogen) atoms. The van der Waals surface area contributed by atoms with Gasteiger partial charge in [0, 0.05) is 19.6 Å². The maximum absolute atomic E-state index is 11.6. The van der Waals surface area contributed by atoms with Crippen LogP contribution in [0.25, 0.3) is 0 Å². The Morgan fingerprint density at radius 2 is 2.29 bits per heavy atom. The molecule has 4 nitrogen and oxygen atoms in total. The van der Waals surface area contributed by atoms with Gasteiger partial charge in [-0.15, -0.1) is 0 Å². The van der Waals surface area contributed by atoms with Gasteiger partial charge in [0.25, 0.3) is 0 Å². The Morgan fingerprint density at radius 3 is 2.79 bits per heavy atom. The van der Waals surface area contributed by atoms with E-state index in [4.69, 9.17) is 5.73 Å². The first-order valence-electron chi connectivity index (χ1n) is 5.19. The summed E-state index contributed by atoms with van der Waals surface area (Å²) in [4.78, 5) is 15.6. The molecule has 0 saturated carbocycles. The molecule has 1 rings (SSSR count). The standard InChI is InChI=1S/C10H21N3O/c1-8(11)10(14)13-5-4-9(7-13)6-12(2)3/h8-9H,4-7,11H2,1-3H3. The van der Waals surface area contributed by atoms with Gasteiger partial charge >= 0.3 is 0 Å². The lowest BCUT2D eigenvalue weighted by Gasteiger charge is -2.19. The molecule has 0 aromatic carbocycles. The second-order valence-corrected chi connectivity index (χ2v) is 4.49. The summed E-state index contributed by atoms with van der Waals surface area (Å²) in [6.07, 6.45) is 1.11. The summed E-state index contributed by atoms with van der Waals surface area (Å²) in [6.45, 7) is 4.56. The van der Waals surface area contributed by atoms with Gasteiger partial charge in [0.15, 0.2) is 0 Å². The van der Waals surface area contributed by atoms with E-state index < -0.39 is 0 Å². The third-order valence-corrected chi connectivity index (χ3v) is 2.61. The molecule has 1 aliphatic heterocycles. The van der Waals surface area contributed by atoms with Crippen molar-refractivity contribution >= 4 is 5.91 Å². The molecule has 4 heteroatoms. The fourth-order valence-electron chi connectivity index (χ4n) is 1.99. The van der Waals surface area contributed by atoms with Crippen molar-refractivity contribution in [3.05, 3.63) is 0 Å². The zero-order valence-corrected chi connectivity index (χ0v) is 9.36. The van der Waals surface area contributed by atoms with Crippen molar-refractivity contribution in [3.63, 3.8) is 0 Å². The van der Waals surface area contributed by atoms with E-state index in [-0.39, 0.29) is 11.9 Å². The molecule has 1 fully saturated rings. The Balaban J connectivity index is 2.37. The highest BCUT2D eigenvalue weighted by molar-refractivity contribution is 5.81. The van der Waals surface area contributed by atoms with E-state index in [2.05, 4.69) is 19.0 Å². The summed E-state index contributed by atoms with van der Waals surface area (Å²) in [5.74, 6) is 0.707. The van der Waals surface area contributed by atoms with Crippen molar-refractivity contribution in [3.8, 4) is 0 Å². The minimum Gasteiger partial charge on any atom is -0.341 e. The van der Waals surface area contributed by atoms with Crippen LogP contribution < -0.4 is 5.73 Å². The molecule has 82 valence electrons. The van der Waals surface area contributed by atoms with Crippen molar-refractivity contribution in [2.75, 3.05) is 33.7 Å². The van der Waals surface area contributed by atoms with E-state index in [0.717, 1.165) is 26.1 Å². The quantitative estimate of drug-likeness (QED) is 0.681. The van der Waals surface area contributed by atoms with Crippen LogP contribution in [0.4, 0.5) is 0 Å². The zero-order valence-electron chi connectivity index (χ0n) is 9.36. The number of likely N-dealkylation sites (tertiary alicyclic amines) is 1. The van der Waals surface area contributed by atoms with Gasteiger partial charge in [0.1, 0.15) is 0 Å². The van der Waals surface area contributed by atoms with Gasteiger partial charge in [-0.2, -0.15) is 0 Å². The molecule has 0 spiro atoms. The SMILES string of the molecule is CC(N)C(=O)N1CCC(CN(C)C)C1. The first kappa shape index (κ1) is 11.5. The Bertz CT molecular complexity index is 204. The van der Waals surface area contributed by atoms with Crippen LogP contribution in [0.2, 0.25) is 0 Å². The summed E-state index contributed by atoms with van der Waals surface area (Å²) in [5.41, 5.74) is 5.56. The molecule has 0 bridgehead atoms. The van der Waals surface area contributed by atoms with Crippen molar-refractivity contribution in [2.45, 2.75) is 19.4 Å². The highest BCUT2D eigenvalue weighted by Gasteiger charge is 2.27. The normalized spacial score (nSPS) is 24.4. The Labute approximate surface area is 86.0 Å². The van der Waals surface area contributed by atoms with Crippen LogP contribution in [0.1, 0.15) is 13.3 Å². The summed E-state index contributed by atoms with van der Waals surface area (Å²) < 4.78 is 0. The van der Waals surface area contributed by atoms with Crippen molar-refractivity contribution in [1.82, 2.24) is 9.80 Å². The third kappa shape index (κ3) is 2.96. The second kappa shape index (κ2) is 4.75. The third-order valence-electron chi connectivity index (χ3n) is 2.61. The number of nitrogens with zero attached hydrogens (tertiary/aromatic N) is 2. The lowest BCUT2D eigenvalue weighted by atomic mass is 10.1. The first-order valence-corrected chi connectivity index (χ1v) is 5.19. The average Bonchev–Trinajstić information content (AvgIpc) is 2.50. The smallest absolute Gasteiger partial charge is 0.239 e. The van der Waals surface area contributed by atoms with Gasteiger partial charge in [0.2, 0.25) is 5.91 Å². The largest absolute Gasteiger partial charge is 0.341 e. The molecule has 2 unspecified atom stereocenters. The topological polar surface area (TPSA) is 49.6 Å². The summed E-state index contributed by atoms with van der Waals surface area (Å²) >= 11 is 0. The number of amides is 1. The van der Waals surface area contributed by atoms with Crippen LogP contribution in [0, 0.1) is 5.92 Å². The Hall–Kier alpha value is -0.610. The molecule has 2 atom stereocenters. The number of carbonyl (C=O) groups excluding carboxylic acids is 1. The molecular formula is C10H21N3O. The Morgan fingerprint density at radius 1 is 1.64 bits per heavy atom. The van der Waals surface area contributed by atoms with Crippen LogP contribution in [0.5, 0.6) is 0 Å². The predicted molar refractivity (Wildman–Crippen MR) is 56.9 cm³/mol. The van der Waals surface area contributed by atoms with E-state index in [1.807, 2.05) is 4.90 Å². The first-order chi connectivity index (χ1) is 6.50. The average molecular weight is 199 g/mol. The summed E-state index contributed by atoms with van der Waals surface area (Å²) in [7, 11) is 4.13. The lowest BCUT2D eigenvalue weighted by molar-refractivity contribution is -0.131. The van der Waals surface area contributed by atoms with Gasteiger partial charge in [-0.05, 0) is 33.4 Å². The van der Waals surface area contributed by atoms with E-state index in [0.29, 0.717) is 5.92 Å². The highest BCUT2D eigenvalue weighted by atomic mass is 16.2. The molecule has 1 heterocycles. The van der Waals surface area contributed by atoms with Crippen LogP contribution in [0.3, 0.4) is 0 Å². The molecule has 1 saturated heterocycles. The van der Waals surface area contributed by atoms with Crippen molar-refractivity contribution in [1.29, 1.82) is 0 Å². The fourth-order valence-corrected chi connectivity index (χ4v) is 1.99. The van der Waals surface area contributed by atoms with E-state index in [1.54, 1.807) is 6.92 Å². The molecule has 1 amide bonds. The minimum atomic E-state index is -0.354. The van der Waals surface area contributed by atoms with Crippen LogP contribution in [0.15, 0.2) is 0 Å². The number of rotatable bonds is 3. The molecule has 0 aromatic heterocycles. The van der Waals surface area contributed by atoms with E-state index in [1.165, 1.54) is 0 Å². The molecule has 0 aliphatic carbocycles. The maximum Gasteiger partial charge on any atom is 0.239 e. The Kier molecular flexibility index (Phi) is 3.89. The molecular weight excluding hydrogens is 178 g/mol. The number of nitrogens with two attached hydrogens (primary N) is 1. The van der Waals surface area contributed by atoms with Gasteiger partial charge in [-0.25, -0.2) is 0 Å². The number of hydrogen-bond acceptors (Lipinski definition) is 3. The van der Waals surface area contributed by atoms with Gasteiger partial charge in [-0.1, -0.05) is 0 Å². The van der Waals surface area contributed by atoms with E-state index in [9.17, 15) is 4.79 Å². The highest BCUT2D eigenvalue weighted by Crippen LogP contribution is 2.17. The molecule has 1 aliphatic rings. The van der Waals surface area contributed by atoms with E-state index >= 15 is 0 Å². The zero-order chi connectivity index (χ0) is 10.7. The maximum atomic E-state index is 11.6. The number of hydrogen-bond donors (Lipinski definition) is 1. The summed E-state index contributed by atoms with van der Waals surface area (Å²) in [5, 5.41) is 0. The van der Waals surface area contributed by atoms with Crippen molar-refractivity contribution in [2.24, 2.45) is 11.7 Å². The van der Waals surface area contributed by atoms with Crippen LogP contribution >= 0.6 is 0 Å². The monoisotopic (exact) mass is 199 g/mol. The molecule has 0 radical (unpaired) electrons.